The van der Waals surface area contributed by atoms with Gasteiger partial charge in [-0.1, -0.05) is 33.8 Å². The first kappa shape index (κ1) is 19.1. The van der Waals surface area contributed by atoms with Crippen molar-refractivity contribution in [2.45, 2.75) is 53.4 Å². The molecule has 0 aliphatic carbocycles. The molecule has 0 spiro atoms. The number of carbonyl (C=O) groups excluding carboxylic acids is 1. The van der Waals surface area contributed by atoms with Crippen molar-refractivity contribution >= 4 is 5.97 Å². The molecule has 0 aliphatic rings. The molecule has 0 radical (unpaired) electrons. The lowest BCUT2D eigenvalue weighted by molar-refractivity contribution is -0.129. The van der Waals surface area contributed by atoms with Crippen LogP contribution < -0.4 is 14.2 Å². The van der Waals surface area contributed by atoms with Gasteiger partial charge in [-0.15, -0.1) is 0 Å². The van der Waals surface area contributed by atoms with Crippen molar-refractivity contribution in [3.05, 3.63) is 29.8 Å². The van der Waals surface area contributed by atoms with E-state index in [0.717, 1.165) is 42.9 Å². The molecule has 0 N–H and O–H groups in total. The van der Waals surface area contributed by atoms with E-state index in [0.29, 0.717) is 30.5 Å². The highest BCUT2D eigenvalue weighted by atomic mass is 16.6. The molecule has 128 valence electrons. The van der Waals surface area contributed by atoms with Crippen LogP contribution in [-0.4, -0.2) is 19.2 Å². The molecule has 0 atom stereocenters. The predicted molar refractivity (Wildman–Crippen MR) is 92.6 cm³/mol. The number of esters is 1. The van der Waals surface area contributed by atoms with Gasteiger partial charge in [0.05, 0.1) is 13.2 Å². The molecule has 0 fully saturated rings. The second-order valence-corrected chi connectivity index (χ2v) is 5.41. The molecule has 0 saturated carbocycles. The zero-order valence-electron chi connectivity index (χ0n) is 14.7. The SMILES string of the molecule is C=CC(=O)Oc1c(C)cc(CCC)c(OCCC)c1OCCC. The average molecular weight is 320 g/mol. The standard InChI is InChI=1S/C19H28O4/c1-6-10-15-13-14(5)17(23-16(20)9-4)19(22-12-8-3)18(15)21-11-7-2/h9,13H,4,6-8,10-12H2,1-3,5H3. The summed E-state index contributed by atoms with van der Waals surface area (Å²) in [5, 5.41) is 0. The maximum Gasteiger partial charge on any atom is 0.335 e. The van der Waals surface area contributed by atoms with Crippen molar-refractivity contribution in [2.75, 3.05) is 13.2 Å². The predicted octanol–water partition coefficient (Wildman–Crippen LogP) is 4.62. The van der Waals surface area contributed by atoms with Crippen molar-refractivity contribution in [1.29, 1.82) is 0 Å². The van der Waals surface area contributed by atoms with E-state index in [9.17, 15) is 4.79 Å². The molecule has 4 heteroatoms. The Morgan fingerprint density at radius 2 is 1.65 bits per heavy atom. The summed E-state index contributed by atoms with van der Waals surface area (Å²) in [6.07, 6.45) is 4.79. The molecular weight excluding hydrogens is 292 g/mol. The zero-order chi connectivity index (χ0) is 17.2. The number of carbonyl (C=O) groups is 1. The summed E-state index contributed by atoms with van der Waals surface area (Å²) in [7, 11) is 0. The molecule has 4 nitrogen and oxygen atoms in total. The van der Waals surface area contributed by atoms with E-state index in [2.05, 4.69) is 20.4 Å². The summed E-state index contributed by atoms with van der Waals surface area (Å²) in [4.78, 5) is 11.7. The van der Waals surface area contributed by atoms with Crippen LogP contribution in [0.4, 0.5) is 0 Å². The molecule has 23 heavy (non-hydrogen) atoms. The molecule has 1 aromatic carbocycles. The summed E-state index contributed by atoms with van der Waals surface area (Å²) >= 11 is 0. The number of rotatable bonds is 10. The van der Waals surface area contributed by atoms with Crippen LogP contribution in [0.1, 0.15) is 51.2 Å². The minimum Gasteiger partial charge on any atom is -0.489 e. The molecular formula is C19H28O4. The van der Waals surface area contributed by atoms with Crippen LogP contribution in [0.25, 0.3) is 0 Å². The van der Waals surface area contributed by atoms with Crippen molar-refractivity contribution in [2.24, 2.45) is 0 Å². The molecule has 1 rings (SSSR count). The molecule has 0 heterocycles. The van der Waals surface area contributed by atoms with Crippen molar-refractivity contribution in [3.63, 3.8) is 0 Å². The van der Waals surface area contributed by atoms with E-state index in [1.807, 2.05) is 19.9 Å². The minimum atomic E-state index is -0.501. The largest absolute Gasteiger partial charge is 0.489 e. The fourth-order valence-electron chi connectivity index (χ4n) is 2.24. The van der Waals surface area contributed by atoms with Crippen LogP contribution in [0, 0.1) is 6.92 Å². The van der Waals surface area contributed by atoms with E-state index in [4.69, 9.17) is 14.2 Å². The highest BCUT2D eigenvalue weighted by molar-refractivity contribution is 5.84. The van der Waals surface area contributed by atoms with Crippen molar-refractivity contribution in [3.8, 4) is 17.2 Å². The fourth-order valence-corrected chi connectivity index (χ4v) is 2.24. The van der Waals surface area contributed by atoms with E-state index in [-0.39, 0.29) is 0 Å². The lowest BCUT2D eigenvalue weighted by Gasteiger charge is -2.20. The Balaban J connectivity index is 3.40. The Morgan fingerprint density at radius 1 is 1.04 bits per heavy atom. The molecule has 0 bridgehead atoms. The van der Waals surface area contributed by atoms with Crippen LogP contribution in [0.3, 0.4) is 0 Å². The second-order valence-electron chi connectivity index (χ2n) is 5.41. The van der Waals surface area contributed by atoms with Gasteiger partial charge in [-0.05, 0) is 43.4 Å². The summed E-state index contributed by atoms with van der Waals surface area (Å²) in [6.45, 7) is 12.7. The number of ether oxygens (including phenoxy) is 3. The van der Waals surface area contributed by atoms with Crippen LogP contribution >= 0.6 is 0 Å². The number of aryl methyl sites for hydroxylation is 2. The van der Waals surface area contributed by atoms with E-state index in [1.165, 1.54) is 0 Å². The topological polar surface area (TPSA) is 44.8 Å². The Bertz CT molecular complexity index is 535. The normalized spacial score (nSPS) is 10.3. The van der Waals surface area contributed by atoms with Gasteiger partial charge >= 0.3 is 5.97 Å². The highest BCUT2D eigenvalue weighted by Gasteiger charge is 2.21. The third kappa shape index (κ3) is 5.31. The average Bonchev–Trinajstić information content (AvgIpc) is 2.54. The number of hydrogen-bond donors (Lipinski definition) is 0. The van der Waals surface area contributed by atoms with Gasteiger partial charge in [-0.3, -0.25) is 0 Å². The summed E-state index contributed by atoms with van der Waals surface area (Å²) in [6, 6.07) is 2.01. The summed E-state index contributed by atoms with van der Waals surface area (Å²) in [5.74, 6) is 1.15. The zero-order valence-corrected chi connectivity index (χ0v) is 14.7. The second kappa shape index (κ2) is 9.93. The minimum absolute atomic E-state index is 0.425. The lowest BCUT2D eigenvalue weighted by atomic mass is 10.0. The van der Waals surface area contributed by atoms with Gasteiger partial charge in [0, 0.05) is 6.08 Å². The van der Waals surface area contributed by atoms with Crippen molar-refractivity contribution in [1.82, 2.24) is 0 Å². The molecule has 1 aromatic rings. The first-order valence-corrected chi connectivity index (χ1v) is 8.35. The van der Waals surface area contributed by atoms with Crippen molar-refractivity contribution < 1.29 is 19.0 Å². The van der Waals surface area contributed by atoms with Gasteiger partial charge in [-0.25, -0.2) is 4.79 Å². The molecule has 0 aliphatic heterocycles. The van der Waals surface area contributed by atoms with Crippen LogP contribution in [-0.2, 0) is 11.2 Å². The summed E-state index contributed by atoms with van der Waals surface area (Å²) < 4.78 is 17.2. The van der Waals surface area contributed by atoms with Gasteiger partial charge < -0.3 is 14.2 Å². The third-order valence-corrected chi connectivity index (χ3v) is 3.24. The van der Waals surface area contributed by atoms with Gasteiger partial charge in [0.15, 0.2) is 11.5 Å². The van der Waals surface area contributed by atoms with Gasteiger partial charge in [0.25, 0.3) is 0 Å². The monoisotopic (exact) mass is 320 g/mol. The molecule has 0 unspecified atom stereocenters. The van der Waals surface area contributed by atoms with Gasteiger partial charge in [-0.2, -0.15) is 0 Å². The van der Waals surface area contributed by atoms with Crippen LogP contribution in [0.2, 0.25) is 0 Å². The summed E-state index contributed by atoms with van der Waals surface area (Å²) in [5.41, 5.74) is 1.95. The quantitative estimate of drug-likeness (QED) is 0.358. The van der Waals surface area contributed by atoms with Gasteiger partial charge in [0.1, 0.15) is 0 Å². The Morgan fingerprint density at radius 3 is 2.17 bits per heavy atom. The van der Waals surface area contributed by atoms with Gasteiger partial charge in [0.2, 0.25) is 5.75 Å². The van der Waals surface area contributed by atoms with E-state index >= 15 is 0 Å². The first-order chi connectivity index (χ1) is 11.1. The van der Waals surface area contributed by atoms with E-state index < -0.39 is 5.97 Å². The Labute approximate surface area is 139 Å². The fraction of sp³-hybridized carbons (Fsp3) is 0.526. The molecule has 0 amide bonds. The molecule has 0 saturated heterocycles. The van der Waals surface area contributed by atoms with E-state index in [1.54, 1.807) is 0 Å². The maximum atomic E-state index is 11.7. The van der Waals surface area contributed by atoms with Crippen LogP contribution in [0.5, 0.6) is 17.2 Å². The Kier molecular flexibility index (Phi) is 8.23. The Hall–Kier alpha value is -1.97. The highest BCUT2D eigenvalue weighted by Crippen LogP contribution is 2.43. The number of benzene rings is 1. The lowest BCUT2D eigenvalue weighted by Crippen LogP contribution is -2.10. The third-order valence-electron chi connectivity index (χ3n) is 3.24. The van der Waals surface area contributed by atoms with Crippen LogP contribution in [0.15, 0.2) is 18.7 Å². The first-order valence-electron chi connectivity index (χ1n) is 8.35. The smallest absolute Gasteiger partial charge is 0.335 e. The molecule has 0 aromatic heterocycles. The maximum absolute atomic E-state index is 11.7. The number of hydrogen-bond acceptors (Lipinski definition) is 4.